The van der Waals surface area contributed by atoms with E-state index in [1.54, 1.807) is 27.5 Å². The Morgan fingerprint density at radius 2 is 1.68 bits per heavy atom. The minimum atomic E-state index is 0.422. The standard InChI is InChI=1S/C13H14N2O3S/c1-16-10-6-8(7-11(17-2)12(10)18-3)9-4-5-14-13(19)15-9/h4-7H,1-3H3,(H,14,15,19). The normalized spacial score (nSPS) is 10.1. The van der Waals surface area contributed by atoms with Crippen molar-refractivity contribution in [3.05, 3.63) is 29.2 Å². The lowest BCUT2D eigenvalue weighted by Gasteiger charge is -2.14. The topological polar surface area (TPSA) is 56.4 Å². The Morgan fingerprint density at radius 1 is 1.05 bits per heavy atom. The van der Waals surface area contributed by atoms with Crippen LogP contribution in [0.15, 0.2) is 24.4 Å². The van der Waals surface area contributed by atoms with Crippen LogP contribution in [0.2, 0.25) is 0 Å². The molecule has 0 saturated carbocycles. The van der Waals surface area contributed by atoms with Gasteiger partial charge in [-0.05, 0) is 30.4 Å². The maximum absolute atomic E-state index is 5.31. The van der Waals surface area contributed by atoms with Crippen molar-refractivity contribution in [2.45, 2.75) is 0 Å². The highest BCUT2D eigenvalue weighted by Crippen LogP contribution is 2.40. The molecule has 0 saturated heterocycles. The highest BCUT2D eigenvalue weighted by molar-refractivity contribution is 7.71. The number of ether oxygens (including phenoxy) is 3. The maximum atomic E-state index is 5.31. The lowest BCUT2D eigenvalue weighted by molar-refractivity contribution is 0.324. The van der Waals surface area contributed by atoms with Crippen molar-refractivity contribution in [3.8, 4) is 28.5 Å². The highest BCUT2D eigenvalue weighted by Gasteiger charge is 2.14. The second kappa shape index (κ2) is 5.71. The van der Waals surface area contributed by atoms with E-state index < -0.39 is 0 Å². The summed E-state index contributed by atoms with van der Waals surface area (Å²) < 4.78 is 16.3. The van der Waals surface area contributed by atoms with E-state index in [1.807, 2.05) is 18.2 Å². The fourth-order valence-corrected chi connectivity index (χ4v) is 1.94. The van der Waals surface area contributed by atoms with Gasteiger partial charge in [0.25, 0.3) is 0 Å². The van der Waals surface area contributed by atoms with Gasteiger partial charge in [-0.15, -0.1) is 0 Å². The zero-order valence-electron chi connectivity index (χ0n) is 10.9. The summed E-state index contributed by atoms with van der Waals surface area (Å²) in [5.74, 6) is 1.74. The van der Waals surface area contributed by atoms with E-state index in [2.05, 4.69) is 9.97 Å². The molecule has 2 aromatic rings. The Morgan fingerprint density at radius 3 is 2.16 bits per heavy atom. The van der Waals surface area contributed by atoms with E-state index >= 15 is 0 Å². The molecule has 1 aromatic carbocycles. The van der Waals surface area contributed by atoms with E-state index in [0.717, 1.165) is 11.3 Å². The summed E-state index contributed by atoms with van der Waals surface area (Å²) in [5, 5.41) is 0. The number of nitrogens with one attached hydrogen (secondary N) is 1. The van der Waals surface area contributed by atoms with Gasteiger partial charge in [0.15, 0.2) is 16.3 Å². The molecule has 0 spiro atoms. The Kier molecular flexibility index (Phi) is 4.01. The molecule has 2 rings (SSSR count). The average Bonchev–Trinajstić information content (AvgIpc) is 2.45. The number of hydrogen-bond acceptors (Lipinski definition) is 5. The summed E-state index contributed by atoms with van der Waals surface area (Å²) in [4.78, 5) is 6.97. The number of benzene rings is 1. The molecule has 1 aromatic heterocycles. The number of aromatic amines is 1. The summed E-state index contributed by atoms with van der Waals surface area (Å²) >= 11 is 5.02. The van der Waals surface area contributed by atoms with Gasteiger partial charge in [0.1, 0.15) is 0 Å². The second-order valence-electron chi connectivity index (χ2n) is 3.70. The van der Waals surface area contributed by atoms with Crippen LogP contribution >= 0.6 is 12.2 Å². The maximum Gasteiger partial charge on any atom is 0.203 e. The molecule has 0 aliphatic heterocycles. The zero-order valence-corrected chi connectivity index (χ0v) is 11.7. The zero-order chi connectivity index (χ0) is 13.8. The molecule has 6 heteroatoms. The fraction of sp³-hybridized carbons (Fsp3) is 0.231. The van der Waals surface area contributed by atoms with Crippen molar-refractivity contribution in [2.75, 3.05) is 21.3 Å². The van der Waals surface area contributed by atoms with Crippen LogP contribution in [0.25, 0.3) is 11.3 Å². The van der Waals surface area contributed by atoms with Crippen LogP contribution in [0, 0.1) is 4.77 Å². The minimum Gasteiger partial charge on any atom is -0.493 e. The van der Waals surface area contributed by atoms with E-state index in [-0.39, 0.29) is 0 Å². The number of hydrogen-bond donors (Lipinski definition) is 1. The molecule has 100 valence electrons. The molecule has 0 fully saturated rings. The number of methoxy groups -OCH3 is 3. The minimum absolute atomic E-state index is 0.422. The molecule has 0 radical (unpaired) electrons. The molecule has 0 amide bonds. The summed E-state index contributed by atoms with van der Waals surface area (Å²) in [6.45, 7) is 0. The van der Waals surface area contributed by atoms with Gasteiger partial charge < -0.3 is 19.2 Å². The van der Waals surface area contributed by atoms with Crippen molar-refractivity contribution in [1.29, 1.82) is 0 Å². The van der Waals surface area contributed by atoms with Crippen molar-refractivity contribution in [3.63, 3.8) is 0 Å². The first-order valence-electron chi connectivity index (χ1n) is 5.55. The van der Waals surface area contributed by atoms with Crippen LogP contribution in [0.5, 0.6) is 17.2 Å². The smallest absolute Gasteiger partial charge is 0.203 e. The van der Waals surface area contributed by atoms with Crippen LogP contribution < -0.4 is 14.2 Å². The highest BCUT2D eigenvalue weighted by atomic mass is 32.1. The quantitative estimate of drug-likeness (QED) is 0.871. The van der Waals surface area contributed by atoms with Crippen LogP contribution in [-0.4, -0.2) is 31.3 Å². The van der Waals surface area contributed by atoms with Gasteiger partial charge in [-0.1, -0.05) is 0 Å². The Hall–Kier alpha value is -2.08. The predicted molar refractivity (Wildman–Crippen MR) is 74.5 cm³/mol. The van der Waals surface area contributed by atoms with Crippen LogP contribution in [0.1, 0.15) is 0 Å². The summed E-state index contributed by atoms with van der Waals surface area (Å²) in [5.41, 5.74) is 1.71. The average molecular weight is 278 g/mol. The van der Waals surface area contributed by atoms with E-state index in [0.29, 0.717) is 22.0 Å². The first-order valence-corrected chi connectivity index (χ1v) is 5.96. The molecule has 5 nitrogen and oxygen atoms in total. The Labute approximate surface area is 116 Å². The summed E-state index contributed by atoms with van der Waals surface area (Å²) in [7, 11) is 4.73. The fourth-order valence-electron chi connectivity index (χ4n) is 1.77. The molecular formula is C13H14N2O3S. The third-order valence-electron chi connectivity index (χ3n) is 2.65. The molecule has 0 bridgehead atoms. The van der Waals surface area contributed by atoms with Gasteiger partial charge in [0.2, 0.25) is 5.75 Å². The third-order valence-corrected chi connectivity index (χ3v) is 2.86. The Bertz CT molecular complexity index is 615. The molecule has 1 N–H and O–H groups in total. The van der Waals surface area contributed by atoms with Crippen LogP contribution in [-0.2, 0) is 0 Å². The number of aromatic nitrogens is 2. The molecule has 0 aliphatic carbocycles. The lowest BCUT2D eigenvalue weighted by atomic mass is 10.1. The van der Waals surface area contributed by atoms with Gasteiger partial charge in [-0.25, -0.2) is 4.98 Å². The van der Waals surface area contributed by atoms with Gasteiger partial charge in [0, 0.05) is 17.5 Å². The molecular weight excluding hydrogens is 264 g/mol. The molecule has 1 heterocycles. The van der Waals surface area contributed by atoms with Crippen molar-refractivity contribution < 1.29 is 14.2 Å². The molecule has 0 unspecified atom stereocenters. The number of H-pyrrole nitrogens is 1. The summed E-state index contributed by atoms with van der Waals surface area (Å²) in [6, 6.07) is 5.53. The van der Waals surface area contributed by atoms with Crippen molar-refractivity contribution in [2.24, 2.45) is 0 Å². The summed E-state index contributed by atoms with van der Waals surface area (Å²) in [6.07, 6.45) is 1.65. The first kappa shape index (κ1) is 13.4. The second-order valence-corrected chi connectivity index (χ2v) is 4.09. The lowest BCUT2D eigenvalue weighted by Crippen LogP contribution is -1.96. The van der Waals surface area contributed by atoms with Gasteiger partial charge in [-0.2, -0.15) is 0 Å². The van der Waals surface area contributed by atoms with E-state index in [9.17, 15) is 0 Å². The first-order chi connectivity index (χ1) is 9.19. The SMILES string of the molecule is COc1cc(-c2ccnc(=S)[nH]2)cc(OC)c1OC. The molecule has 0 aliphatic rings. The largest absolute Gasteiger partial charge is 0.493 e. The molecule has 19 heavy (non-hydrogen) atoms. The van der Waals surface area contributed by atoms with Crippen LogP contribution in [0.3, 0.4) is 0 Å². The monoisotopic (exact) mass is 278 g/mol. The van der Waals surface area contributed by atoms with E-state index in [1.165, 1.54) is 0 Å². The van der Waals surface area contributed by atoms with Crippen molar-refractivity contribution in [1.82, 2.24) is 9.97 Å². The predicted octanol–water partition coefficient (Wildman–Crippen LogP) is 2.83. The van der Waals surface area contributed by atoms with Crippen molar-refractivity contribution >= 4 is 12.2 Å². The third kappa shape index (κ3) is 2.68. The van der Waals surface area contributed by atoms with E-state index in [4.69, 9.17) is 26.4 Å². The van der Waals surface area contributed by atoms with Gasteiger partial charge in [-0.3, -0.25) is 0 Å². The van der Waals surface area contributed by atoms with Gasteiger partial charge >= 0.3 is 0 Å². The Balaban J connectivity index is 2.62. The molecule has 0 atom stereocenters. The number of nitrogens with zero attached hydrogens (tertiary/aromatic N) is 1. The van der Waals surface area contributed by atoms with Gasteiger partial charge in [0.05, 0.1) is 21.3 Å². The number of rotatable bonds is 4. The van der Waals surface area contributed by atoms with Crippen LogP contribution in [0.4, 0.5) is 0 Å².